The third-order valence-corrected chi connectivity index (χ3v) is 3.49. The first-order valence-electron chi connectivity index (χ1n) is 6.49. The Morgan fingerprint density at radius 2 is 1.58 bits per heavy atom. The standard InChI is InChI=1S/C16H10BrF3O4/c1-23-15(22)14(21)12-7-6-11(8-13(12)16(18,19)20)24-10-4-2-9(17)3-5-10/h2-8H,1H3. The minimum absolute atomic E-state index is 0.119. The summed E-state index contributed by atoms with van der Waals surface area (Å²) < 4.78 is 49.8. The molecule has 0 fully saturated rings. The highest BCUT2D eigenvalue weighted by Gasteiger charge is 2.37. The van der Waals surface area contributed by atoms with Crippen molar-refractivity contribution < 1.29 is 32.2 Å². The smallest absolute Gasteiger partial charge is 0.417 e. The molecule has 0 saturated heterocycles. The molecule has 0 aliphatic carbocycles. The molecule has 2 rings (SSSR count). The molecule has 0 unspecified atom stereocenters. The maximum atomic E-state index is 13.2. The minimum Gasteiger partial charge on any atom is -0.463 e. The molecule has 0 bridgehead atoms. The van der Waals surface area contributed by atoms with Crippen molar-refractivity contribution >= 4 is 27.7 Å². The lowest BCUT2D eigenvalue weighted by atomic mass is 10.0. The summed E-state index contributed by atoms with van der Waals surface area (Å²) in [6.45, 7) is 0. The molecule has 24 heavy (non-hydrogen) atoms. The number of methoxy groups -OCH3 is 1. The molecule has 0 atom stereocenters. The van der Waals surface area contributed by atoms with Crippen LogP contribution < -0.4 is 4.74 Å². The molecule has 0 spiro atoms. The van der Waals surface area contributed by atoms with Gasteiger partial charge in [0.15, 0.2) is 0 Å². The van der Waals surface area contributed by atoms with E-state index in [1.165, 1.54) is 6.07 Å². The minimum atomic E-state index is -4.84. The molecule has 0 saturated carbocycles. The normalized spacial score (nSPS) is 11.0. The summed E-state index contributed by atoms with van der Waals surface area (Å²) >= 11 is 3.23. The van der Waals surface area contributed by atoms with E-state index < -0.39 is 29.1 Å². The third-order valence-electron chi connectivity index (χ3n) is 2.96. The van der Waals surface area contributed by atoms with Crippen LogP contribution in [-0.2, 0) is 15.7 Å². The molecule has 8 heteroatoms. The van der Waals surface area contributed by atoms with Crippen LogP contribution >= 0.6 is 15.9 Å². The van der Waals surface area contributed by atoms with Gasteiger partial charge in [0.1, 0.15) is 11.5 Å². The SMILES string of the molecule is COC(=O)C(=O)c1ccc(Oc2ccc(Br)cc2)cc1C(F)(F)F. The van der Waals surface area contributed by atoms with Gasteiger partial charge in [-0.15, -0.1) is 0 Å². The number of ether oxygens (including phenoxy) is 2. The van der Waals surface area contributed by atoms with Gasteiger partial charge in [0.2, 0.25) is 0 Å². The van der Waals surface area contributed by atoms with Gasteiger partial charge in [0.05, 0.1) is 12.7 Å². The fourth-order valence-corrected chi connectivity index (χ4v) is 2.13. The van der Waals surface area contributed by atoms with E-state index in [9.17, 15) is 22.8 Å². The molecular formula is C16H10BrF3O4. The quantitative estimate of drug-likeness (QED) is 0.425. The number of hydrogen-bond acceptors (Lipinski definition) is 4. The molecular weight excluding hydrogens is 393 g/mol. The first kappa shape index (κ1) is 18.0. The second-order valence-corrected chi connectivity index (χ2v) is 5.50. The summed E-state index contributed by atoms with van der Waals surface area (Å²) in [4.78, 5) is 23.0. The number of hydrogen-bond donors (Lipinski definition) is 0. The highest BCUT2D eigenvalue weighted by molar-refractivity contribution is 9.10. The number of ketones is 1. The topological polar surface area (TPSA) is 52.6 Å². The Bertz CT molecular complexity index is 770. The highest BCUT2D eigenvalue weighted by atomic mass is 79.9. The number of rotatable bonds is 4. The van der Waals surface area contributed by atoms with Crippen molar-refractivity contribution in [3.05, 3.63) is 58.1 Å². The zero-order valence-electron chi connectivity index (χ0n) is 12.2. The molecule has 2 aromatic rings. The van der Waals surface area contributed by atoms with Crippen molar-refractivity contribution in [1.82, 2.24) is 0 Å². The van der Waals surface area contributed by atoms with E-state index in [0.717, 1.165) is 17.6 Å². The van der Waals surface area contributed by atoms with Crippen LogP contribution in [0.4, 0.5) is 13.2 Å². The monoisotopic (exact) mass is 402 g/mol. The maximum absolute atomic E-state index is 13.2. The van der Waals surface area contributed by atoms with Gasteiger partial charge < -0.3 is 9.47 Å². The third kappa shape index (κ3) is 4.14. The Kier molecular flexibility index (Phi) is 5.28. The summed E-state index contributed by atoms with van der Waals surface area (Å²) in [7, 11) is 0.915. The number of Topliss-reactive ketones (excluding diaryl/α,β-unsaturated/α-hetero) is 1. The van der Waals surface area contributed by atoms with Gasteiger partial charge in [-0.25, -0.2) is 4.79 Å². The summed E-state index contributed by atoms with van der Waals surface area (Å²) in [5, 5.41) is 0. The van der Waals surface area contributed by atoms with E-state index in [4.69, 9.17) is 4.74 Å². The summed E-state index contributed by atoms with van der Waals surface area (Å²) in [5.41, 5.74) is -2.06. The number of halogens is 4. The molecule has 0 radical (unpaired) electrons. The highest BCUT2D eigenvalue weighted by Crippen LogP contribution is 2.36. The lowest BCUT2D eigenvalue weighted by Gasteiger charge is -2.14. The maximum Gasteiger partial charge on any atom is 0.417 e. The fraction of sp³-hybridized carbons (Fsp3) is 0.125. The largest absolute Gasteiger partial charge is 0.463 e. The Balaban J connectivity index is 2.41. The lowest BCUT2D eigenvalue weighted by molar-refractivity contribution is -0.138. The first-order valence-corrected chi connectivity index (χ1v) is 7.29. The molecule has 0 aromatic heterocycles. The summed E-state index contributed by atoms with van der Waals surface area (Å²) in [5.74, 6) is -2.55. The van der Waals surface area contributed by atoms with E-state index >= 15 is 0 Å². The van der Waals surface area contributed by atoms with Gasteiger partial charge in [-0.2, -0.15) is 13.2 Å². The number of alkyl halides is 3. The Labute approximate surface area is 143 Å². The van der Waals surface area contributed by atoms with E-state index in [1.54, 1.807) is 24.3 Å². The Hall–Kier alpha value is -2.35. The molecule has 0 aliphatic heterocycles. The molecule has 2 aromatic carbocycles. The van der Waals surface area contributed by atoms with Gasteiger partial charge in [-0.3, -0.25) is 4.79 Å². The van der Waals surface area contributed by atoms with Crippen LogP contribution in [0.15, 0.2) is 46.9 Å². The van der Waals surface area contributed by atoms with Crippen molar-refractivity contribution in [3.8, 4) is 11.5 Å². The van der Waals surface area contributed by atoms with Crippen LogP contribution in [0.25, 0.3) is 0 Å². The van der Waals surface area contributed by atoms with Crippen molar-refractivity contribution in [1.29, 1.82) is 0 Å². The molecule has 0 aliphatic rings. The van der Waals surface area contributed by atoms with Gasteiger partial charge in [-0.1, -0.05) is 15.9 Å². The predicted octanol–water partition coefficient (Wildman–Crippen LogP) is 4.62. The molecule has 0 N–H and O–H groups in total. The molecule has 4 nitrogen and oxygen atoms in total. The van der Waals surface area contributed by atoms with Gasteiger partial charge >= 0.3 is 12.1 Å². The van der Waals surface area contributed by atoms with Crippen molar-refractivity contribution in [3.63, 3.8) is 0 Å². The van der Waals surface area contributed by atoms with Crippen molar-refractivity contribution in [2.75, 3.05) is 7.11 Å². The van der Waals surface area contributed by atoms with E-state index in [-0.39, 0.29) is 5.75 Å². The van der Waals surface area contributed by atoms with Crippen LogP contribution in [0, 0.1) is 0 Å². The number of esters is 1. The van der Waals surface area contributed by atoms with Crippen molar-refractivity contribution in [2.45, 2.75) is 6.18 Å². The number of carbonyl (C=O) groups is 2. The lowest BCUT2D eigenvalue weighted by Crippen LogP contribution is -2.20. The van der Waals surface area contributed by atoms with Crippen LogP contribution in [0.1, 0.15) is 15.9 Å². The molecule has 126 valence electrons. The van der Waals surface area contributed by atoms with E-state index in [0.29, 0.717) is 11.8 Å². The average Bonchev–Trinajstić information content (AvgIpc) is 2.54. The van der Waals surface area contributed by atoms with E-state index in [2.05, 4.69) is 20.7 Å². The number of benzene rings is 2. The molecule has 0 amide bonds. The average molecular weight is 403 g/mol. The Morgan fingerprint density at radius 1 is 1.00 bits per heavy atom. The van der Waals surface area contributed by atoms with Gasteiger partial charge in [-0.05, 0) is 42.5 Å². The van der Waals surface area contributed by atoms with Crippen LogP contribution in [-0.4, -0.2) is 18.9 Å². The first-order chi connectivity index (χ1) is 11.2. The van der Waals surface area contributed by atoms with Crippen LogP contribution in [0.2, 0.25) is 0 Å². The van der Waals surface area contributed by atoms with Crippen LogP contribution in [0.5, 0.6) is 11.5 Å². The Morgan fingerprint density at radius 3 is 2.12 bits per heavy atom. The predicted molar refractivity (Wildman–Crippen MR) is 82.0 cm³/mol. The summed E-state index contributed by atoms with van der Waals surface area (Å²) in [6, 6.07) is 9.17. The second-order valence-electron chi connectivity index (χ2n) is 4.58. The van der Waals surface area contributed by atoms with Gasteiger partial charge in [0, 0.05) is 10.0 Å². The zero-order chi connectivity index (χ0) is 17.9. The fourth-order valence-electron chi connectivity index (χ4n) is 1.86. The summed E-state index contributed by atoms with van der Waals surface area (Å²) in [6.07, 6.45) is -4.84. The van der Waals surface area contributed by atoms with Crippen molar-refractivity contribution in [2.24, 2.45) is 0 Å². The van der Waals surface area contributed by atoms with E-state index in [1.807, 2.05) is 0 Å². The van der Waals surface area contributed by atoms with Gasteiger partial charge in [0.25, 0.3) is 5.78 Å². The second kappa shape index (κ2) is 7.04. The zero-order valence-corrected chi connectivity index (χ0v) is 13.8. The van der Waals surface area contributed by atoms with Crippen LogP contribution in [0.3, 0.4) is 0 Å². The number of carbonyl (C=O) groups excluding carboxylic acids is 2. The molecule has 0 heterocycles.